The summed E-state index contributed by atoms with van der Waals surface area (Å²) in [5.41, 5.74) is 7.64. The molecule has 0 saturated carbocycles. The lowest BCUT2D eigenvalue weighted by molar-refractivity contribution is 0.0511. The van der Waals surface area contributed by atoms with E-state index < -0.39 is 0 Å². The minimum Gasteiger partial charge on any atom is -0.395 e. The summed E-state index contributed by atoms with van der Waals surface area (Å²) in [5.74, 6) is 0.825. The highest BCUT2D eigenvalue weighted by Gasteiger charge is 2.09. The smallest absolute Gasteiger partial charge is 0.251 e. The molecule has 0 fully saturated rings. The van der Waals surface area contributed by atoms with E-state index in [4.69, 9.17) is 20.3 Å². The number of nitrogens with one attached hydrogen (secondary N) is 4. The molecule has 0 unspecified atom stereocenters. The maximum Gasteiger partial charge on any atom is 0.251 e. The molecule has 3 rings (SSSR count). The Balaban J connectivity index is 1.53. The zero-order chi connectivity index (χ0) is 26.1. The average molecular weight is 511 g/mol. The second kappa shape index (κ2) is 16.0. The van der Waals surface area contributed by atoms with Gasteiger partial charge in [0.1, 0.15) is 0 Å². The molecule has 0 atom stereocenters. The van der Waals surface area contributed by atoms with E-state index in [0.29, 0.717) is 81.7 Å². The molecule has 0 radical (unpaired) electrons. The Bertz CT molecular complexity index is 1070. The average Bonchev–Trinajstić information content (AvgIpc) is 2.93. The summed E-state index contributed by atoms with van der Waals surface area (Å²) in [6.07, 6.45) is 0. The Morgan fingerprint density at radius 2 is 1.49 bits per heavy atom. The van der Waals surface area contributed by atoms with Crippen molar-refractivity contribution in [1.29, 1.82) is 0 Å². The zero-order valence-electron chi connectivity index (χ0n) is 20.7. The van der Waals surface area contributed by atoms with Gasteiger partial charge in [-0.2, -0.15) is 15.0 Å². The summed E-state index contributed by atoms with van der Waals surface area (Å²) in [4.78, 5) is 25.5. The quantitative estimate of drug-likeness (QED) is 0.145. The van der Waals surface area contributed by atoms with Crippen molar-refractivity contribution >= 4 is 29.4 Å². The highest BCUT2D eigenvalue weighted by Crippen LogP contribution is 2.17. The van der Waals surface area contributed by atoms with Gasteiger partial charge in [-0.3, -0.25) is 4.79 Å². The number of ether oxygens (including phenoxy) is 2. The van der Waals surface area contributed by atoms with Crippen molar-refractivity contribution in [2.24, 2.45) is 5.73 Å². The Morgan fingerprint density at radius 3 is 2.19 bits per heavy atom. The van der Waals surface area contributed by atoms with E-state index in [1.54, 1.807) is 24.3 Å². The summed E-state index contributed by atoms with van der Waals surface area (Å²) >= 11 is 0. The van der Waals surface area contributed by atoms with Crippen molar-refractivity contribution < 1.29 is 19.4 Å². The van der Waals surface area contributed by atoms with Crippen LogP contribution in [-0.2, 0) is 16.0 Å². The van der Waals surface area contributed by atoms with Crippen LogP contribution in [0.15, 0.2) is 54.6 Å². The number of hydrogen-bond donors (Lipinski definition) is 6. The molecule has 12 nitrogen and oxygen atoms in total. The van der Waals surface area contributed by atoms with E-state index in [1.807, 2.05) is 30.3 Å². The van der Waals surface area contributed by atoms with Crippen molar-refractivity contribution in [2.45, 2.75) is 6.54 Å². The van der Waals surface area contributed by atoms with E-state index in [9.17, 15) is 4.79 Å². The van der Waals surface area contributed by atoms with Gasteiger partial charge in [-0.15, -0.1) is 0 Å². The molecular weight excluding hydrogens is 476 g/mol. The second-order valence-electron chi connectivity index (χ2n) is 7.77. The Kier molecular flexibility index (Phi) is 12.0. The molecule has 0 aliphatic carbocycles. The van der Waals surface area contributed by atoms with Crippen molar-refractivity contribution in [3.8, 4) is 0 Å². The SMILES string of the molecule is NCCOCCOCCNC(=O)c1ccc(Nc2nc(NCCO)nc(NCc3ccccc3)n2)cc1. The number of amides is 1. The predicted octanol–water partition coefficient (Wildman–Crippen LogP) is 1.35. The highest BCUT2D eigenvalue weighted by atomic mass is 16.5. The van der Waals surface area contributed by atoms with Crippen LogP contribution in [0.5, 0.6) is 0 Å². The third-order valence-corrected chi connectivity index (χ3v) is 4.89. The number of nitrogens with zero attached hydrogens (tertiary/aromatic N) is 3. The summed E-state index contributed by atoms with van der Waals surface area (Å²) < 4.78 is 10.6. The van der Waals surface area contributed by atoms with Crippen LogP contribution in [0.3, 0.4) is 0 Å². The molecule has 1 aromatic heterocycles. The molecule has 0 spiro atoms. The fourth-order valence-corrected chi connectivity index (χ4v) is 3.11. The summed E-state index contributed by atoms with van der Waals surface area (Å²) in [7, 11) is 0. The molecule has 198 valence electrons. The molecule has 1 amide bonds. The standard InChI is InChI=1S/C25H34N8O4/c26-10-14-36-16-17-37-15-12-27-22(35)20-6-8-21(9-7-20)30-25-32-23(28-11-13-34)31-24(33-25)29-18-19-4-2-1-3-5-19/h1-9,34H,10-18,26H2,(H,27,35)(H3,28,29,30,31,32,33). The van der Waals surface area contributed by atoms with Crippen LogP contribution in [0.1, 0.15) is 15.9 Å². The van der Waals surface area contributed by atoms with Gasteiger partial charge in [0.15, 0.2) is 0 Å². The number of aliphatic hydroxyl groups excluding tert-OH is 1. The highest BCUT2D eigenvalue weighted by molar-refractivity contribution is 5.94. The van der Waals surface area contributed by atoms with Gasteiger partial charge in [0, 0.05) is 37.4 Å². The molecule has 0 aliphatic rings. The van der Waals surface area contributed by atoms with Crippen molar-refractivity contribution in [2.75, 3.05) is 68.6 Å². The number of nitrogens with two attached hydrogens (primary N) is 1. The lowest BCUT2D eigenvalue weighted by Gasteiger charge is -2.11. The first-order valence-corrected chi connectivity index (χ1v) is 12.1. The maximum atomic E-state index is 12.4. The number of benzene rings is 2. The number of aromatic nitrogens is 3. The molecule has 12 heteroatoms. The topological polar surface area (TPSA) is 169 Å². The van der Waals surface area contributed by atoms with Crippen LogP contribution in [0.25, 0.3) is 0 Å². The third kappa shape index (κ3) is 10.4. The Morgan fingerprint density at radius 1 is 0.811 bits per heavy atom. The molecule has 2 aromatic carbocycles. The summed E-state index contributed by atoms with van der Waals surface area (Å²) in [6, 6.07) is 16.8. The van der Waals surface area contributed by atoms with E-state index >= 15 is 0 Å². The maximum absolute atomic E-state index is 12.4. The van der Waals surface area contributed by atoms with Crippen molar-refractivity contribution in [3.05, 3.63) is 65.7 Å². The summed E-state index contributed by atoms with van der Waals surface area (Å²) in [6.45, 7) is 3.49. The summed E-state index contributed by atoms with van der Waals surface area (Å²) in [5, 5.41) is 21.2. The van der Waals surface area contributed by atoms with E-state index in [0.717, 1.165) is 5.56 Å². The fourth-order valence-electron chi connectivity index (χ4n) is 3.11. The second-order valence-corrected chi connectivity index (χ2v) is 7.77. The molecule has 3 aromatic rings. The fraction of sp³-hybridized carbons (Fsp3) is 0.360. The van der Waals surface area contributed by atoms with Gasteiger partial charge in [-0.25, -0.2) is 0 Å². The predicted molar refractivity (Wildman–Crippen MR) is 142 cm³/mol. The largest absolute Gasteiger partial charge is 0.395 e. The van der Waals surface area contributed by atoms with Gasteiger partial charge in [-0.05, 0) is 29.8 Å². The Labute approximate surface area is 216 Å². The van der Waals surface area contributed by atoms with Crippen molar-refractivity contribution in [3.63, 3.8) is 0 Å². The van der Waals surface area contributed by atoms with Crippen LogP contribution < -0.4 is 27.0 Å². The first-order valence-electron chi connectivity index (χ1n) is 12.1. The number of hydrogen-bond acceptors (Lipinski definition) is 11. The van der Waals surface area contributed by atoms with Gasteiger partial charge in [0.2, 0.25) is 17.8 Å². The van der Waals surface area contributed by atoms with Gasteiger partial charge in [-0.1, -0.05) is 30.3 Å². The van der Waals surface area contributed by atoms with E-state index in [1.165, 1.54) is 0 Å². The lowest BCUT2D eigenvalue weighted by atomic mass is 10.2. The Hall–Kier alpha value is -3.84. The van der Waals surface area contributed by atoms with Crippen LogP contribution >= 0.6 is 0 Å². The van der Waals surface area contributed by atoms with Gasteiger partial charge in [0.25, 0.3) is 5.91 Å². The lowest BCUT2D eigenvalue weighted by Crippen LogP contribution is -2.27. The minimum atomic E-state index is -0.197. The number of carbonyl (C=O) groups excluding carboxylic acids is 1. The zero-order valence-corrected chi connectivity index (χ0v) is 20.7. The molecule has 7 N–H and O–H groups in total. The van der Waals surface area contributed by atoms with Crippen LogP contribution in [0.2, 0.25) is 0 Å². The number of anilines is 4. The van der Waals surface area contributed by atoms with Gasteiger partial charge < -0.3 is 41.6 Å². The molecule has 0 bridgehead atoms. The van der Waals surface area contributed by atoms with Crippen LogP contribution in [-0.4, -0.2) is 78.6 Å². The minimum absolute atomic E-state index is 0.0555. The molecule has 0 saturated heterocycles. The van der Waals surface area contributed by atoms with Crippen LogP contribution in [0, 0.1) is 0 Å². The first kappa shape index (κ1) is 27.7. The first-order chi connectivity index (χ1) is 18.2. The number of carbonyl (C=O) groups is 1. The van der Waals surface area contributed by atoms with Gasteiger partial charge >= 0.3 is 0 Å². The van der Waals surface area contributed by atoms with E-state index in [2.05, 4.69) is 36.2 Å². The molecular formula is C25H34N8O4. The normalized spacial score (nSPS) is 10.6. The molecule has 0 aliphatic heterocycles. The van der Waals surface area contributed by atoms with Crippen LogP contribution in [0.4, 0.5) is 23.5 Å². The van der Waals surface area contributed by atoms with Crippen molar-refractivity contribution in [1.82, 2.24) is 20.3 Å². The third-order valence-electron chi connectivity index (χ3n) is 4.89. The molecule has 1 heterocycles. The number of aliphatic hydroxyl groups is 1. The van der Waals surface area contributed by atoms with Gasteiger partial charge in [0.05, 0.1) is 33.0 Å². The number of rotatable bonds is 17. The monoisotopic (exact) mass is 510 g/mol. The van der Waals surface area contributed by atoms with E-state index in [-0.39, 0.29) is 12.5 Å². The molecule has 37 heavy (non-hydrogen) atoms.